The van der Waals surface area contributed by atoms with Gasteiger partial charge in [-0.2, -0.15) is 0 Å². The highest BCUT2D eigenvalue weighted by atomic mass is 14.7. The molecule has 0 bridgehead atoms. The Morgan fingerprint density at radius 2 is 0.738 bits per heavy atom. The topological polar surface area (TPSA) is 25.8 Å². The summed E-state index contributed by atoms with van der Waals surface area (Å²) >= 11 is 0. The minimum Gasteiger partial charge on any atom is -0.247 e. The van der Waals surface area contributed by atoms with Gasteiger partial charge in [0.25, 0.3) is 0 Å². The average molecular weight is 533 g/mol. The quantitative estimate of drug-likeness (QED) is 0.163. The van der Waals surface area contributed by atoms with E-state index in [1.807, 2.05) is 0 Å². The van der Waals surface area contributed by atoms with Gasteiger partial charge in [0, 0.05) is 43.4 Å². The predicted molar refractivity (Wildman–Crippen MR) is 178 cm³/mol. The summed E-state index contributed by atoms with van der Waals surface area (Å²) in [6, 6.07) is 52.0. The van der Waals surface area contributed by atoms with E-state index in [2.05, 4.69) is 146 Å². The normalized spacial score (nSPS) is 11.8. The van der Waals surface area contributed by atoms with Crippen LogP contribution in [0.25, 0.3) is 87.4 Å². The Morgan fingerprint density at radius 3 is 1.24 bits per heavy atom. The highest BCUT2D eigenvalue weighted by molar-refractivity contribution is 6.19. The molecule has 0 N–H and O–H groups in total. The van der Waals surface area contributed by atoms with Crippen molar-refractivity contribution in [2.75, 3.05) is 0 Å². The van der Waals surface area contributed by atoms with Crippen molar-refractivity contribution in [3.05, 3.63) is 146 Å². The molecular formula is C40H24N2. The van der Waals surface area contributed by atoms with Gasteiger partial charge in [0.1, 0.15) is 0 Å². The second kappa shape index (κ2) is 8.95. The van der Waals surface area contributed by atoms with Gasteiger partial charge in [-0.05, 0) is 40.1 Å². The molecule has 9 aromatic rings. The van der Waals surface area contributed by atoms with Gasteiger partial charge in [-0.1, -0.05) is 127 Å². The van der Waals surface area contributed by atoms with Crippen LogP contribution in [0.1, 0.15) is 0 Å². The molecule has 0 saturated heterocycles. The Hall–Kier alpha value is -5.60. The van der Waals surface area contributed by atoms with Crippen LogP contribution in [0.5, 0.6) is 0 Å². The first-order valence-corrected chi connectivity index (χ1v) is 14.3. The van der Waals surface area contributed by atoms with Crippen molar-refractivity contribution in [2.45, 2.75) is 0 Å². The van der Waals surface area contributed by atoms with E-state index in [0.29, 0.717) is 0 Å². The summed E-state index contributed by atoms with van der Waals surface area (Å²) in [4.78, 5) is 10.4. The molecule has 0 atom stereocenters. The molecule has 0 aliphatic carbocycles. The zero-order chi connectivity index (χ0) is 27.6. The number of pyridine rings is 2. The van der Waals surface area contributed by atoms with Gasteiger partial charge in [-0.3, -0.25) is 0 Å². The summed E-state index contributed by atoms with van der Waals surface area (Å²) < 4.78 is 0. The van der Waals surface area contributed by atoms with Crippen LogP contribution in [0.3, 0.4) is 0 Å². The van der Waals surface area contributed by atoms with Gasteiger partial charge in [-0.15, -0.1) is 0 Å². The largest absolute Gasteiger partial charge is 0.247 e. The smallest absolute Gasteiger partial charge is 0.0794 e. The Labute approximate surface area is 242 Å². The molecular weight excluding hydrogens is 508 g/mol. The summed E-state index contributed by atoms with van der Waals surface area (Å²) in [6.45, 7) is 0. The number of benzene rings is 7. The van der Waals surface area contributed by atoms with Crippen molar-refractivity contribution in [2.24, 2.45) is 0 Å². The SMILES string of the molecule is c1cc(-c2c3ccccc3nc3c2ccc2ccccc23)cc(-c2c3ccccc3nc3c2ccc2ccccc23)c1. The number of nitrogens with zero attached hydrogens (tertiary/aromatic N) is 2. The van der Waals surface area contributed by atoms with Crippen LogP contribution in [-0.4, -0.2) is 9.97 Å². The van der Waals surface area contributed by atoms with E-state index in [0.717, 1.165) is 32.8 Å². The summed E-state index contributed by atoms with van der Waals surface area (Å²) in [6.07, 6.45) is 0. The third-order valence-electron chi connectivity index (χ3n) is 8.59. The molecule has 2 nitrogen and oxygen atoms in total. The first-order chi connectivity index (χ1) is 20.8. The summed E-state index contributed by atoms with van der Waals surface area (Å²) in [5.74, 6) is 0. The second-order valence-corrected chi connectivity index (χ2v) is 11.0. The van der Waals surface area contributed by atoms with Gasteiger partial charge in [0.15, 0.2) is 0 Å². The highest BCUT2D eigenvalue weighted by Crippen LogP contribution is 2.42. The van der Waals surface area contributed by atoms with Crippen molar-refractivity contribution in [1.29, 1.82) is 0 Å². The van der Waals surface area contributed by atoms with Crippen LogP contribution in [0.2, 0.25) is 0 Å². The lowest BCUT2D eigenvalue weighted by atomic mass is 9.90. The molecule has 0 unspecified atom stereocenters. The number of rotatable bonds is 2. The molecule has 9 rings (SSSR count). The lowest BCUT2D eigenvalue weighted by Crippen LogP contribution is -1.92. The molecule has 42 heavy (non-hydrogen) atoms. The van der Waals surface area contributed by atoms with Gasteiger partial charge in [-0.25, -0.2) is 9.97 Å². The Kier molecular flexibility index (Phi) is 4.93. The maximum atomic E-state index is 5.18. The van der Waals surface area contributed by atoms with Crippen LogP contribution >= 0.6 is 0 Å². The maximum absolute atomic E-state index is 5.18. The number of aromatic nitrogens is 2. The highest BCUT2D eigenvalue weighted by Gasteiger charge is 2.17. The van der Waals surface area contributed by atoms with Crippen molar-refractivity contribution in [3.63, 3.8) is 0 Å². The Bertz CT molecular complexity index is 2350. The Balaban J connectivity index is 1.39. The molecule has 0 aliphatic rings. The van der Waals surface area contributed by atoms with Crippen molar-refractivity contribution in [3.8, 4) is 22.3 Å². The minimum absolute atomic E-state index is 1.01. The van der Waals surface area contributed by atoms with E-state index < -0.39 is 0 Å². The summed E-state index contributed by atoms with van der Waals surface area (Å²) in [5.41, 5.74) is 8.90. The maximum Gasteiger partial charge on any atom is 0.0794 e. The van der Waals surface area contributed by atoms with E-state index in [1.165, 1.54) is 54.6 Å². The number of hydrogen-bond acceptors (Lipinski definition) is 2. The third kappa shape index (κ3) is 3.39. The first kappa shape index (κ1) is 23.1. The van der Waals surface area contributed by atoms with E-state index in [4.69, 9.17) is 9.97 Å². The van der Waals surface area contributed by atoms with Gasteiger partial charge < -0.3 is 0 Å². The minimum atomic E-state index is 1.01. The molecule has 0 aliphatic heterocycles. The van der Waals surface area contributed by atoms with Crippen LogP contribution in [-0.2, 0) is 0 Å². The number of hydrogen-bond donors (Lipinski definition) is 0. The zero-order valence-electron chi connectivity index (χ0n) is 22.8. The Morgan fingerprint density at radius 1 is 0.310 bits per heavy atom. The first-order valence-electron chi connectivity index (χ1n) is 14.3. The van der Waals surface area contributed by atoms with Gasteiger partial charge >= 0.3 is 0 Å². The van der Waals surface area contributed by atoms with Crippen LogP contribution in [0.15, 0.2) is 146 Å². The monoisotopic (exact) mass is 532 g/mol. The molecule has 0 amide bonds. The van der Waals surface area contributed by atoms with Gasteiger partial charge in [0.2, 0.25) is 0 Å². The zero-order valence-corrected chi connectivity index (χ0v) is 22.8. The second-order valence-electron chi connectivity index (χ2n) is 11.0. The molecule has 194 valence electrons. The number of para-hydroxylation sites is 2. The number of fused-ring (bicyclic) bond motifs is 8. The fraction of sp³-hybridized carbons (Fsp3) is 0. The van der Waals surface area contributed by atoms with E-state index in [1.54, 1.807) is 0 Å². The lowest BCUT2D eigenvalue weighted by molar-refractivity contribution is 1.50. The van der Waals surface area contributed by atoms with Crippen molar-refractivity contribution in [1.82, 2.24) is 9.97 Å². The van der Waals surface area contributed by atoms with Crippen molar-refractivity contribution >= 4 is 65.2 Å². The molecule has 0 radical (unpaired) electrons. The van der Waals surface area contributed by atoms with Crippen LogP contribution in [0, 0.1) is 0 Å². The van der Waals surface area contributed by atoms with Gasteiger partial charge in [0.05, 0.1) is 22.1 Å². The lowest BCUT2D eigenvalue weighted by Gasteiger charge is -2.16. The fourth-order valence-electron chi connectivity index (χ4n) is 6.70. The summed E-state index contributed by atoms with van der Waals surface area (Å²) in [7, 11) is 0. The fourth-order valence-corrected chi connectivity index (χ4v) is 6.70. The molecule has 2 heterocycles. The molecule has 7 aromatic carbocycles. The average Bonchev–Trinajstić information content (AvgIpc) is 3.06. The third-order valence-corrected chi connectivity index (χ3v) is 8.59. The molecule has 0 fully saturated rings. The van der Waals surface area contributed by atoms with Crippen LogP contribution < -0.4 is 0 Å². The van der Waals surface area contributed by atoms with E-state index >= 15 is 0 Å². The summed E-state index contributed by atoms with van der Waals surface area (Å²) in [5, 5.41) is 9.41. The molecule has 2 heteroatoms. The van der Waals surface area contributed by atoms with Crippen molar-refractivity contribution < 1.29 is 0 Å². The molecule has 0 spiro atoms. The van der Waals surface area contributed by atoms with E-state index in [9.17, 15) is 0 Å². The van der Waals surface area contributed by atoms with Crippen LogP contribution in [0.4, 0.5) is 0 Å². The molecule has 2 aromatic heterocycles. The molecule has 0 saturated carbocycles. The van der Waals surface area contributed by atoms with E-state index in [-0.39, 0.29) is 0 Å². The predicted octanol–water partition coefficient (Wildman–Crippen LogP) is 10.7. The standard InChI is InChI=1S/C40H24N2/c1-3-14-29-25(10-1)20-22-33-37(31-16-5-7-18-35(31)41-39(29)33)27-12-9-13-28(24-27)38-32-17-6-8-19-36(32)42-40-30-15-4-2-11-26(30)21-23-34(38)40/h1-24H.